The van der Waals surface area contributed by atoms with Gasteiger partial charge in [-0.3, -0.25) is 0 Å². The molecule has 2 fully saturated rings. The summed E-state index contributed by atoms with van der Waals surface area (Å²) in [5.74, 6) is 1.72. The second-order valence-electron chi connectivity index (χ2n) is 8.39. The zero-order valence-electron chi connectivity index (χ0n) is 17.6. The molecule has 0 saturated carbocycles. The van der Waals surface area contributed by atoms with E-state index in [1.54, 1.807) is 0 Å². The fourth-order valence-corrected chi connectivity index (χ4v) is 4.81. The molecule has 160 valence electrons. The molecule has 4 aromatic rings. The normalized spacial score (nSPS) is 20.7. The van der Waals surface area contributed by atoms with Crippen molar-refractivity contribution in [3.05, 3.63) is 36.8 Å². The van der Waals surface area contributed by atoms with Crippen LogP contribution in [0.15, 0.2) is 36.8 Å². The first-order valence-electron chi connectivity index (χ1n) is 11.0. The third-order valence-electron chi connectivity index (χ3n) is 6.48. The van der Waals surface area contributed by atoms with E-state index >= 15 is 0 Å². The van der Waals surface area contributed by atoms with Crippen molar-refractivity contribution in [1.29, 1.82) is 0 Å². The molecular formula is C23H26N6O2. The SMILES string of the molecule is C[C@@H]1COCCN1c1nc(-c2ccnc3[nH]ccc23)nc2c1ccn2C1CCOCC1. The van der Waals surface area contributed by atoms with E-state index in [1.807, 2.05) is 24.5 Å². The van der Waals surface area contributed by atoms with Crippen molar-refractivity contribution in [2.24, 2.45) is 0 Å². The molecule has 0 unspecified atom stereocenters. The highest BCUT2D eigenvalue weighted by atomic mass is 16.5. The van der Waals surface area contributed by atoms with Crippen molar-refractivity contribution in [2.45, 2.75) is 31.8 Å². The molecule has 1 atom stereocenters. The van der Waals surface area contributed by atoms with Crippen LogP contribution in [0.3, 0.4) is 0 Å². The summed E-state index contributed by atoms with van der Waals surface area (Å²) in [6, 6.07) is 6.88. The number of pyridine rings is 1. The Bertz CT molecular complexity index is 1230. The van der Waals surface area contributed by atoms with Crippen LogP contribution < -0.4 is 4.90 Å². The number of ether oxygens (including phenoxy) is 2. The van der Waals surface area contributed by atoms with Gasteiger partial charge in [-0.25, -0.2) is 15.0 Å². The van der Waals surface area contributed by atoms with Crippen molar-refractivity contribution >= 4 is 27.9 Å². The third kappa shape index (κ3) is 3.18. The lowest BCUT2D eigenvalue weighted by Gasteiger charge is -2.34. The van der Waals surface area contributed by atoms with Crippen molar-refractivity contribution in [3.8, 4) is 11.4 Å². The number of aromatic nitrogens is 5. The number of hydrogen-bond acceptors (Lipinski definition) is 6. The second kappa shape index (κ2) is 7.62. The summed E-state index contributed by atoms with van der Waals surface area (Å²) >= 11 is 0. The molecule has 0 aliphatic carbocycles. The highest BCUT2D eigenvalue weighted by molar-refractivity contribution is 5.95. The minimum atomic E-state index is 0.260. The van der Waals surface area contributed by atoms with Crippen LogP contribution in [0.1, 0.15) is 25.8 Å². The maximum absolute atomic E-state index is 5.69. The maximum Gasteiger partial charge on any atom is 0.164 e. The van der Waals surface area contributed by atoms with Gasteiger partial charge >= 0.3 is 0 Å². The molecule has 31 heavy (non-hydrogen) atoms. The predicted octanol–water partition coefficient (Wildman–Crippen LogP) is 3.55. The van der Waals surface area contributed by atoms with Gasteiger partial charge in [0.25, 0.3) is 0 Å². The van der Waals surface area contributed by atoms with Crippen LogP contribution in [0, 0.1) is 0 Å². The molecule has 1 N–H and O–H groups in total. The van der Waals surface area contributed by atoms with Crippen LogP contribution >= 0.6 is 0 Å². The minimum Gasteiger partial charge on any atom is -0.381 e. The first-order chi connectivity index (χ1) is 15.3. The zero-order valence-corrected chi connectivity index (χ0v) is 17.6. The second-order valence-corrected chi connectivity index (χ2v) is 8.39. The number of morpholine rings is 1. The fraction of sp³-hybridized carbons (Fsp3) is 0.435. The van der Waals surface area contributed by atoms with E-state index in [-0.39, 0.29) is 6.04 Å². The summed E-state index contributed by atoms with van der Waals surface area (Å²) in [6.45, 7) is 6.03. The monoisotopic (exact) mass is 418 g/mol. The van der Waals surface area contributed by atoms with E-state index < -0.39 is 0 Å². The van der Waals surface area contributed by atoms with Gasteiger partial charge in [0.2, 0.25) is 0 Å². The number of rotatable bonds is 3. The van der Waals surface area contributed by atoms with E-state index in [4.69, 9.17) is 19.4 Å². The Hall–Kier alpha value is -2.97. The molecule has 8 nitrogen and oxygen atoms in total. The van der Waals surface area contributed by atoms with Crippen LogP contribution in [0.2, 0.25) is 0 Å². The van der Waals surface area contributed by atoms with Gasteiger partial charge in [-0.1, -0.05) is 0 Å². The molecule has 4 aromatic heterocycles. The molecule has 2 saturated heterocycles. The molecule has 6 rings (SSSR count). The summed E-state index contributed by atoms with van der Waals surface area (Å²) < 4.78 is 13.6. The van der Waals surface area contributed by atoms with Crippen LogP contribution in [-0.4, -0.2) is 63.5 Å². The van der Waals surface area contributed by atoms with Gasteiger partial charge in [-0.15, -0.1) is 0 Å². The first kappa shape index (κ1) is 18.8. The number of aromatic amines is 1. The number of fused-ring (bicyclic) bond motifs is 2. The Morgan fingerprint density at radius 3 is 2.81 bits per heavy atom. The van der Waals surface area contributed by atoms with E-state index in [1.165, 1.54) is 0 Å². The molecule has 6 heterocycles. The summed E-state index contributed by atoms with van der Waals surface area (Å²) in [4.78, 5) is 20.2. The largest absolute Gasteiger partial charge is 0.381 e. The standard InChI is InChI=1S/C23H26N6O2/c1-15-14-31-13-10-28(15)22-19-4-9-29(16-5-11-30-12-6-16)23(19)27-21(26-22)18-3-8-25-20-17(18)2-7-24-20/h2-4,7-9,15-16H,5-6,10-14H2,1H3,(H,24,25)/t15-/m1/s1. The summed E-state index contributed by atoms with van der Waals surface area (Å²) in [5, 5.41) is 2.13. The van der Waals surface area contributed by atoms with Gasteiger partial charge in [0.05, 0.1) is 24.6 Å². The molecule has 0 radical (unpaired) electrons. The summed E-state index contributed by atoms with van der Waals surface area (Å²) in [7, 11) is 0. The molecule has 0 aromatic carbocycles. The molecule has 0 bridgehead atoms. The first-order valence-corrected chi connectivity index (χ1v) is 11.0. The van der Waals surface area contributed by atoms with Gasteiger partial charge in [-0.2, -0.15) is 0 Å². The third-order valence-corrected chi connectivity index (χ3v) is 6.48. The van der Waals surface area contributed by atoms with Crippen LogP contribution in [0.5, 0.6) is 0 Å². The van der Waals surface area contributed by atoms with Gasteiger partial charge < -0.3 is 23.9 Å². The molecular weight excluding hydrogens is 392 g/mol. The van der Waals surface area contributed by atoms with Gasteiger partial charge in [0.1, 0.15) is 17.1 Å². The van der Waals surface area contributed by atoms with Crippen LogP contribution in [0.25, 0.3) is 33.5 Å². The Labute approximate surface area is 180 Å². The Kier molecular flexibility index (Phi) is 4.61. The Balaban J connectivity index is 1.57. The van der Waals surface area contributed by atoms with Crippen molar-refractivity contribution in [3.63, 3.8) is 0 Å². The molecule has 2 aliphatic rings. The van der Waals surface area contributed by atoms with Crippen LogP contribution in [0.4, 0.5) is 5.82 Å². The predicted molar refractivity (Wildman–Crippen MR) is 119 cm³/mol. The van der Waals surface area contributed by atoms with E-state index in [0.29, 0.717) is 19.3 Å². The topological polar surface area (TPSA) is 81.1 Å². The summed E-state index contributed by atoms with van der Waals surface area (Å²) in [5.41, 5.74) is 2.84. The Morgan fingerprint density at radius 2 is 1.94 bits per heavy atom. The number of nitrogens with zero attached hydrogens (tertiary/aromatic N) is 5. The highest BCUT2D eigenvalue weighted by Gasteiger charge is 2.26. The van der Waals surface area contributed by atoms with Gasteiger partial charge in [0.15, 0.2) is 5.82 Å². The van der Waals surface area contributed by atoms with Gasteiger partial charge in [-0.05, 0) is 38.0 Å². The molecule has 0 amide bonds. The molecule has 8 heteroatoms. The summed E-state index contributed by atoms with van der Waals surface area (Å²) in [6.07, 6.45) is 7.91. The van der Waals surface area contributed by atoms with Crippen molar-refractivity contribution in [1.82, 2.24) is 24.5 Å². The number of hydrogen-bond donors (Lipinski definition) is 1. The molecule has 0 spiro atoms. The fourth-order valence-electron chi connectivity index (χ4n) is 4.81. The number of anilines is 1. The van der Waals surface area contributed by atoms with E-state index in [0.717, 1.165) is 71.9 Å². The molecule has 2 aliphatic heterocycles. The number of nitrogens with one attached hydrogen (secondary N) is 1. The average Bonchev–Trinajstić information content (AvgIpc) is 3.46. The number of H-pyrrole nitrogens is 1. The van der Waals surface area contributed by atoms with Crippen molar-refractivity contribution in [2.75, 3.05) is 37.9 Å². The lowest BCUT2D eigenvalue weighted by atomic mass is 10.1. The lowest BCUT2D eigenvalue weighted by molar-refractivity contribution is 0.0706. The van der Waals surface area contributed by atoms with Gasteiger partial charge in [0, 0.05) is 55.3 Å². The average molecular weight is 419 g/mol. The minimum absolute atomic E-state index is 0.260. The quantitative estimate of drug-likeness (QED) is 0.548. The van der Waals surface area contributed by atoms with E-state index in [9.17, 15) is 0 Å². The smallest absolute Gasteiger partial charge is 0.164 e. The van der Waals surface area contributed by atoms with Crippen molar-refractivity contribution < 1.29 is 9.47 Å². The highest BCUT2D eigenvalue weighted by Crippen LogP contribution is 2.35. The Morgan fingerprint density at radius 1 is 1.03 bits per heavy atom. The zero-order chi connectivity index (χ0) is 20.8. The lowest BCUT2D eigenvalue weighted by Crippen LogP contribution is -2.44. The van der Waals surface area contributed by atoms with Crippen LogP contribution in [-0.2, 0) is 9.47 Å². The maximum atomic E-state index is 5.69. The van der Waals surface area contributed by atoms with E-state index in [2.05, 4.69) is 38.6 Å².